The third kappa shape index (κ3) is 3.71. The lowest BCUT2D eigenvalue weighted by molar-refractivity contribution is -0.124. The molecule has 0 aliphatic heterocycles. The maximum absolute atomic E-state index is 11.8. The highest BCUT2D eigenvalue weighted by molar-refractivity contribution is 6.37. The molecule has 0 aromatic heterocycles. The number of hydrazone groups is 1. The Morgan fingerprint density at radius 1 is 1.32 bits per heavy atom. The molecule has 0 spiro atoms. The fourth-order valence-electron chi connectivity index (χ4n) is 2.26. The summed E-state index contributed by atoms with van der Waals surface area (Å²) in [5.41, 5.74) is 4.07. The normalized spacial score (nSPS) is 16.7. The Morgan fingerprint density at radius 3 is 2.63 bits per heavy atom. The van der Waals surface area contributed by atoms with E-state index in [1.54, 1.807) is 18.2 Å². The highest BCUT2D eigenvalue weighted by Gasteiger charge is 2.22. The quantitative estimate of drug-likeness (QED) is 0.664. The fraction of sp³-hybridized carbons (Fsp3) is 0.429. The molecule has 1 fully saturated rings. The summed E-state index contributed by atoms with van der Waals surface area (Å²) in [5.74, 6) is 0.110. The minimum atomic E-state index is 0.00179. The number of nitrogens with zero attached hydrogens (tertiary/aromatic N) is 1. The lowest BCUT2D eigenvalue weighted by Gasteiger charge is -2.08. The summed E-state index contributed by atoms with van der Waals surface area (Å²) in [6.07, 6.45) is 4.18. The van der Waals surface area contributed by atoms with Crippen LogP contribution < -0.4 is 5.43 Å². The zero-order chi connectivity index (χ0) is 13.8. The van der Waals surface area contributed by atoms with E-state index in [-0.39, 0.29) is 11.8 Å². The van der Waals surface area contributed by atoms with Gasteiger partial charge in [-0.25, -0.2) is 5.43 Å². The summed E-state index contributed by atoms with van der Waals surface area (Å²) in [6.45, 7) is 1.81. The second kappa shape index (κ2) is 6.40. The lowest BCUT2D eigenvalue weighted by Crippen LogP contribution is -2.25. The van der Waals surface area contributed by atoms with Crippen LogP contribution in [-0.2, 0) is 4.79 Å². The van der Waals surface area contributed by atoms with Crippen molar-refractivity contribution in [1.29, 1.82) is 0 Å². The SMILES string of the molecule is CC(=NNC(=O)C1CCCC1)c1ccc(Cl)cc1Cl. The van der Waals surface area contributed by atoms with Gasteiger partial charge in [0.1, 0.15) is 0 Å². The molecule has 1 aliphatic carbocycles. The lowest BCUT2D eigenvalue weighted by atomic mass is 10.1. The monoisotopic (exact) mass is 298 g/mol. The molecule has 102 valence electrons. The third-order valence-electron chi connectivity index (χ3n) is 3.38. The van der Waals surface area contributed by atoms with Crippen LogP contribution >= 0.6 is 23.2 Å². The second-order valence-electron chi connectivity index (χ2n) is 4.78. The van der Waals surface area contributed by atoms with E-state index < -0.39 is 0 Å². The number of halogens is 2. The van der Waals surface area contributed by atoms with Crippen LogP contribution in [0.5, 0.6) is 0 Å². The van der Waals surface area contributed by atoms with Gasteiger partial charge in [0.25, 0.3) is 0 Å². The summed E-state index contributed by atoms with van der Waals surface area (Å²) in [7, 11) is 0. The van der Waals surface area contributed by atoms with Crippen LogP contribution in [0.15, 0.2) is 23.3 Å². The zero-order valence-electron chi connectivity index (χ0n) is 10.7. The van der Waals surface area contributed by atoms with Crippen molar-refractivity contribution < 1.29 is 4.79 Å². The van der Waals surface area contributed by atoms with E-state index in [0.29, 0.717) is 15.8 Å². The van der Waals surface area contributed by atoms with Crippen LogP contribution in [0.3, 0.4) is 0 Å². The van der Waals surface area contributed by atoms with Crippen molar-refractivity contribution in [2.24, 2.45) is 11.0 Å². The molecule has 0 radical (unpaired) electrons. The number of rotatable bonds is 3. The molecule has 1 aromatic rings. The van der Waals surface area contributed by atoms with Crippen molar-refractivity contribution in [2.75, 3.05) is 0 Å². The molecule has 0 bridgehead atoms. The van der Waals surface area contributed by atoms with Gasteiger partial charge in [-0.1, -0.05) is 42.1 Å². The molecule has 1 saturated carbocycles. The topological polar surface area (TPSA) is 41.5 Å². The average Bonchev–Trinajstić information content (AvgIpc) is 2.89. The summed E-state index contributed by atoms with van der Waals surface area (Å²) in [4.78, 5) is 11.8. The minimum Gasteiger partial charge on any atom is -0.273 e. The summed E-state index contributed by atoms with van der Waals surface area (Å²) in [6, 6.07) is 5.21. The van der Waals surface area contributed by atoms with Gasteiger partial charge in [-0.15, -0.1) is 0 Å². The maximum Gasteiger partial charge on any atom is 0.243 e. The van der Waals surface area contributed by atoms with E-state index in [4.69, 9.17) is 23.2 Å². The van der Waals surface area contributed by atoms with Crippen LogP contribution in [0.25, 0.3) is 0 Å². The number of hydrogen-bond donors (Lipinski definition) is 1. The van der Waals surface area contributed by atoms with E-state index in [1.807, 2.05) is 6.92 Å². The summed E-state index contributed by atoms with van der Waals surface area (Å²) in [5, 5.41) is 5.23. The molecule has 0 heterocycles. The number of hydrogen-bond acceptors (Lipinski definition) is 2. The van der Waals surface area contributed by atoms with Gasteiger partial charge in [-0.2, -0.15) is 5.10 Å². The molecule has 1 amide bonds. The Kier molecular flexibility index (Phi) is 4.83. The first kappa shape index (κ1) is 14.4. The molecule has 0 unspecified atom stereocenters. The summed E-state index contributed by atoms with van der Waals surface area (Å²) >= 11 is 11.9. The molecular weight excluding hydrogens is 283 g/mol. The number of carbonyl (C=O) groups excluding carboxylic acids is 1. The van der Waals surface area contributed by atoms with Gasteiger partial charge in [0.15, 0.2) is 0 Å². The van der Waals surface area contributed by atoms with Gasteiger partial charge in [-0.3, -0.25) is 4.79 Å². The van der Waals surface area contributed by atoms with E-state index in [0.717, 1.165) is 31.2 Å². The minimum absolute atomic E-state index is 0.00179. The largest absolute Gasteiger partial charge is 0.273 e. The third-order valence-corrected chi connectivity index (χ3v) is 3.93. The van der Waals surface area contributed by atoms with Crippen LogP contribution in [0.1, 0.15) is 38.2 Å². The molecular formula is C14H16Cl2N2O. The van der Waals surface area contributed by atoms with Gasteiger partial charge < -0.3 is 0 Å². The molecule has 19 heavy (non-hydrogen) atoms. The van der Waals surface area contributed by atoms with Crippen molar-refractivity contribution in [2.45, 2.75) is 32.6 Å². The molecule has 3 nitrogen and oxygen atoms in total. The Balaban J connectivity index is 2.04. The van der Waals surface area contributed by atoms with Crippen molar-refractivity contribution in [3.05, 3.63) is 33.8 Å². The predicted molar refractivity (Wildman–Crippen MR) is 78.8 cm³/mol. The number of nitrogens with one attached hydrogen (secondary N) is 1. The van der Waals surface area contributed by atoms with Crippen molar-refractivity contribution >= 4 is 34.8 Å². The van der Waals surface area contributed by atoms with Crippen molar-refractivity contribution in [3.8, 4) is 0 Å². The first-order chi connectivity index (χ1) is 9.08. The van der Waals surface area contributed by atoms with Crippen LogP contribution in [0.2, 0.25) is 10.0 Å². The van der Waals surface area contributed by atoms with Crippen LogP contribution in [0.4, 0.5) is 0 Å². The van der Waals surface area contributed by atoms with Gasteiger partial charge in [0.2, 0.25) is 5.91 Å². The maximum atomic E-state index is 11.8. The van der Waals surface area contributed by atoms with E-state index in [1.165, 1.54) is 0 Å². The van der Waals surface area contributed by atoms with Crippen LogP contribution in [-0.4, -0.2) is 11.6 Å². The van der Waals surface area contributed by atoms with Gasteiger partial charge in [-0.05, 0) is 31.9 Å². The average molecular weight is 299 g/mol. The second-order valence-corrected chi connectivity index (χ2v) is 5.62. The van der Waals surface area contributed by atoms with E-state index in [9.17, 15) is 4.79 Å². The zero-order valence-corrected chi connectivity index (χ0v) is 12.3. The van der Waals surface area contributed by atoms with E-state index in [2.05, 4.69) is 10.5 Å². The van der Waals surface area contributed by atoms with E-state index >= 15 is 0 Å². The predicted octanol–water partition coefficient (Wildman–Crippen LogP) is 4.02. The summed E-state index contributed by atoms with van der Waals surface area (Å²) < 4.78 is 0. The first-order valence-electron chi connectivity index (χ1n) is 6.37. The molecule has 0 saturated heterocycles. The Labute approximate surface area is 123 Å². The standard InChI is InChI=1S/C14H16Cl2N2O/c1-9(12-7-6-11(15)8-13(12)16)17-18-14(19)10-4-2-3-5-10/h6-8,10H,2-5H2,1H3,(H,18,19). The highest BCUT2D eigenvalue weighted by atomic mass is 35.5. The number of carbonyl (C=O) groups is 1. The van der Waals surface area contributed by atoms with Crippen molar-refractivity contribution in [3.63, 3.8) is 0 Å². The Hall–Kier alpha value is -1.06. The van der Waals surface area contributed by atoms with Gasteiger partial charge in [0, 0.05) is 16.5 Å². The molecule has 2 rings (SSSR count). The van der Waals surface area contributed by atoms with Gasteiger partial charge in [0.05, 0.1) is 10.7 Å². The van der Waals surface area contributed by atoms with Gasteiger partial charge >= 0.3 is 0 Å². The van der Waals surface area contributed by atoms with Crippen molar-refractivity contribution in [1.82, 2.24) is 5.43 Å². The molecule has 1 N–H and O–H groups in total. The molecule has 1 aromatic carbocycles. The molecule has 0 atom stereocenters. The smallest absolute Gasteiger partial charge is 0.243 e. The number of amides is 1. The Morgan fingerprint density at radius 2 is 2.00 bits per heavy atom. The highest BCUT2D eigenvalue weighted by Crippen LogP contribution is 2.25. The molecule has 5 heteroatoms. The Bertz CT molecular complexity index is 508. The molecule has 1 aliphatic rings. The van der Waals surface area contributed by atoms with Crippen LogP contribution in [0, 0.1) is 5.92 Å². The first-order valence-corrected chi connectivity index (χ1v) is 7.13. The number of benzene rings is 1. The fourth-order valence-corrected chi connectivity index (χ4v) is 2.81.